The van der Waals surface area contributed by atoms with Gasteiger partial charge in [0.1, 0.15) is 11.8 Å². The Bertz CT molecular complexity index is 752. The van der Waals surface area contributed by atoms with Crippen LogP contribution < -0.4 is 5.73 Å². The minimum Gasteiger partial charge on any atom is -0.384 e. The number of allylic oxidation sites excluding steroid dienone is 2. The highest BCUT2D eigenvalue weighted by atomic mass is 35.5. The molecular weight excluding hydrogens is 285 g/mol. The van der Waals surface area contributed by atoms with Crippen LogP contribution in [0.15, 0.2) is 24.4 Å². The van der Waals surface area contributed by atoms with Crippen molar-refractivity contribution in [2.45, 2.75) is 11.2 Å². The van der Waals surface area contributed by atoms with Gasteiger partial charge in [-0.3, -0.25) is 0 Å². The molecule has 2 heterocycles. The zero-order chi connectivity index (χ0) is 14.5. The summed E-state index contributed by atoms with van der Waals surface area (Å²) in [5.74, 6) is 0.132. The van der Waals surface area contributed by atoms with Gasteiger partial charge in [0.05, 0.1) is 5.39 Å². The van der Waals surface area contributed by atoms with Crippen molar-refractivity contribution in [3.63, 3.8) is 0 Å². The normalized spacial score (nSPS) is 26.0. The van der Waals surface area contributed by atoms with Crippen LogP contribution in [0.4, 0.5) is 10.3 Å². The van der Waals surface area contributed by atoms with E-state index >= 15 is 0 Å². The number of fused-ring (bicyclic) bond motifs is 1. The molecule has 0 saturated carbocycles. The summed E-state index contributed by atoms with van der Waals surface area (Å²) in [5.41, 5.74) is 7.00. The molecule has 0 amide bonds. The van der Waals surface area contributed by atoms with Crippen LogP contribution in [0, 0.1) is 0 Å². The number of rotatable bonds is 1. The molecule has 0 saturated heterocycles. The Labute approximate surface area is 118 Å². The molecule has 104 valence electrons. The zero-order valence-electron chi connectivity index (χ0n) is 10.5. The SMILES string of the molecule is Cn1nc(C2=CC(F)(Cl)C(O)C=C2)c2cnc(N)nc21. The van der Waals surface area contributed by atoms with Crippen LogP contribution in [0.3, 0.4) is 0 Å². The summed E-state index contributed by atoms with van der Waals surface area (Å²) in [6, 6.07) is 0. The van der Waals surface area contributed by atoms with Crippen LogP contribution in [0.2, 0.25) is 0 Å². The lowest BCUT2D eigenvalue weighted by Crippen LogP contribution is -2.30. The molecule has 8 heteroatoms. The molecule has 1 aliphatic rings. The van der Waals surface area contributed by atoms with E-state index in [0.29, 0.717) is 22.3 Å². The Hall–Kier alpha value is -1.99. The summed E-state index contributed by atoms with van der Waals surface area (Å²) in [7, 11) is 1.70. The van der Waals surface area contributed by atoms with Crippen molar-refractivity contribution in [3.8, 4) is 0 Å². The second-order valence-electron chi connectivity index (χ2n) is 4.52. The molecule has 2 aromatic rings. The molecule has 3 N–H and O–H groups in total. The smallest absolute Gasteiger partial charge is 0.232 e. The fraction of sp³-hybridized carbons (Fsp3) is 0.250. The molecule has 0 aliphatic heterocycles. The lowest BCUT2D eigenvalue weighted by atomic mass is 9.99. The van der Waals surface area contributed by atoms with Gasteiger partial charge in [-0.15, -0.1) is 0 Å². The average Bonchev–Trinajstić information content (AvgIpc) is 2.70. The van der Waals surface area contributed by atoms with Crippen molar-refractivity contribution >= 4 is 34.2 Å². The lowest BCUT2D eigenvalue weighted by molar-refractivity contribution is 0.116. The third-order valence-electron chi connectivity index (χ3n) is 3.07. The van der Waals surface area contributed by atoms with E-state index in [1.807, 2.05) is 0 Å². The number of aliphatic hydroxyl groups excluding tert-OH is 1. The van der Waals surface area contributed by atoms with Crippen LogP contribution in [-0.2, 0) is 7.05 Å². The van der Waals surface area contributed by atoms with Crippen LogP contribution in [0.5, 0.6) is 0 Å². The van der Waals surface area contributed by atoms with Crippen molar-refractivity contribution < 1.29 is 9.50 Å². The second kappa shape index (κ2) is 4.26. The number of anilines is 1. The topological polar surface area (TPSA) is 89.8 Å². The highest BCUT2D eigenvalue weighted by Crippen LogP contribution is 2.35. The van der Waals surface area contributed by atoms with Crippen LogP contribution in [0.1, 0.15) is 5.69 Å². The molecule has 3 rings (SSSR count). The predicted molar refractivity (Wildman–Crippen MR) is 73.5 cm³/mol. The van der Waals surface area contributed by atoms with Gasteiger partial charge in [-0.25, -0.2) is 14.1 Å². The van der Waals surface area contributed by atoms with E-state index in [0.717, 1.165) is 6.08 Å². The van der Waals surface area contributed by atoms with E-state index in [-0.39, 0.29) is 5.95 Å². The number of alkyl halides is 2. The molecular formula is C12H11ClFN5O. The Kier molecular flexibility index (Phi) is 2.77. The number of nitrogen functional groups attached to an aromatic ring is 1. The second-order valence-corrected chi connectivity index (χ2v) is 5.10. The maximum Gasteiger partial charge on any atom is 0.232 e. The Morgan fingerprint density at radius 1 is 1.55 bits per heavy atom. The lowest BCUT2D eigenvalue weighted by Gasteiger charge is -2.22. The molecule has 0 spiro atoms. The quantitative estimate of drug-likeness (QED) is 0.771. The molecule has 0 aromatic carbocycles. The van der Waals surface area contributed by atoms with Crippen molar-refractivity contribution in [2.24, 2.45) is 7.05 Å². The molecule has 0 radical (unpaired) electrons. The fourth-order valence-corrected chi connectivity index (χ4v) is 2.27. The summed E-state index contributed by atoms with van der Waals surface area (Å²) in [6.45, 7) is 0. The molecule has 2 unspecified atom stereocenters. The van der Waals surface area contributed by atoms with Gasteiger partial charge in [0.2, 0.25) is 11.1 Å². The van der Waals surface area contributed by atoms with E-state index in [1.165, 1.54) is 17.0 Å². The molecule has 2 atom stereocenters. The molecule has 0 bridgehead atoms. The standard InChI is InChI=1S/C12H11ClFN5O/c1-19-10-7(5-16-11(15)17-10)9(18-19)6-2-3-8(20)12(13,14)4-6/h2-5,8,20H,1H3,(H2,15,16,17). The first-order chi connectivity index (χ1) is 9.38. The van der Waals surface area contributed by atoms with Gasteiger partial charge in [0.25, 0.3) is 0 Å². The van der Waals surface area contributed by atoms with Gasteiger partial charge >= 0.3 is 0 Å². The molecule has 2 aromatic heterocycles. The van der Waals surface area contributed by atoms with Gasteiger partial charge in [-0.05, 0) is 6.08 Å². The minimum absolute atomic E-state index is 0.132. The molecule has 0 fully saturated rings. The molecule has 6 nitrogen and oxygen atoms in total. The number of aromatic nitrogens is 4. The molecule has 1 aliphatic carbocycles. The first-order valence-electron chi connectivity index (χ1n) is 5.81. The van der Waals surface area contributed by atoms with Crippen molar-refractivity contribution in [2.75, 3.05) is 5.73 Å². The Morgan fingerprint density at radius 3 is 3.00 bits per heavy atom. The maximum absolute atomic E-state index is 14.0. The van der Waals surface area contributed by atoms with Crippen LogP contribution in [0.25, 0.3) is 16.6 Å². The highest BCUT2D eigenvalue weighted by Gasteiger charge is 2.35. The average molecular weight is 296 g/mol. The maximum atomic E-state index is 14.0. The number of nitrogens with zero attached hydrogens (tertiary/aromatic N) is 4. The fourth-order valence-electron chi connectivity index (χ4n) is 2.08. The summed E-state index contributed by atoms with van der Waals surface area (Å²) < 4.78 is 15.5. The number of aryl methyl sites for hydroxylation is 1. The number of hydrogen-bond acceptors (Lipinski definition) is 5. The molecule has 20 heavy (non-hydrogen) atoms. The van der Waals surface area contributed by atoms with Gasteiger partial charge in [-0.2, -0.15) is 10.1 Å². The van der Waals surface area contributed by atoms with Gasteiger partial charge in [-0.1, -0.05) is 23.8 Å². The number of hydrogen-bond donors (Lipinski definition) is 2. The van der Waals surface area contributed by atoms with Gasteiger partial charge in [0, 0.05) is 18.8 Å². The third kappa shape index (κ3) is 1.95. The van der Waals surface area contributed by atoms with E-state index < -0.39 is 11.2 Å². The largest absolute Gasteiger partial charge is 0.384 e. The predicted octanol–water partition coefficient (Wildman–Crippen LogP) is 1.16. The van der Waals surface area contributed by atoms with Crippen LogP contribution in [-0.4, -0.2) is 36.1 Å². The first-order valence-corrected chi connectivity index (χ1v) is 6.19. The Balaban J connectivity index is 2.19. The van der Waals surface area contributed by atoms with E-state index in [1.54, 1.807) is 13.1 Å². The monoisotopic (exact) mass is 295 g/mol. The van der Waals surface area contributed by atoms with E-state index in [9.17, 15) is 9.50 Å². The first kappa shape index (κ1) is 13.0. The van der Waals surface area contributed by atoms with E-state index in [2.05, 4.69) is 15.1 Å². The van der Waals surface area contributed by atoms with Gasteiger partial charge in [0.15, 0.2) is 5.65 Å². The van der Waals surface area contributed by atoms with Gasteiger partial charge < -0.3 is 10.8 Å². The number of halogens is 2. The highest BCUT2D eigenvalue weighted by molar-refractivity contribution is 6.25. The summed E-state index contributed by atoms with van der Waals surface area (Å²) in [4.78, 5) is 8.00. The van der Waals surface area contributed by atoms with Crippen LogP contribution >= 0.6 is 11.6 Å². The zero-order valence-corrected chi connectivity index (χ0v) is 11.2. The van der Waals surface area contributed by atoms with E-state index in [4.69, 9.17) is 17.3 Å². The number of aliphatic hydroxyl groups is 1. The third-order valence-corrected chi connectivity index (χ3v) is 3.41. The van der Waals surface area contributed by atoms with Crippen molar-refractivity contribution in [1.29, 1.82) is 0 Å². The van der Waals surface area contributed by atoms with Crippen molar-refractivity contribution in [3.05, 3.63) is 30.1 Å². The van der Waals surface area contributed by atoms with Crippen molar-refractivity contribution in [1.82, 2.24) is 19.7 Å². The minimum atomic E-state index is -2.36. The summed E-state index contributed by atoms with van der Waals surface area (Å²) in [6.07, 6.45) is 4.09. The summed E-state index contributed by atoms with van der Waals surface area (Å²) in [5, 5.41) is 12.0. The summed E-state index contributed by atoms with van der Waals surface area (Å²) >= 11 is 5.62. The number of nitrogens with two attached hydrogens (primary N) is 1. The Morgan fingerprint density at radius 2 is 2.30 bits per heavy atom.